The molecule has 0 saturated carbocycles. The number of ether oxygens (including phenoxy) is 1. The van der Waals surface area contributed by atoms with Gasteiger partial charge >= 0.3 is 6.03 Å². The molecule has 3 amide bonds. The van der Waals surface area contributed by atoms with E-state index in [0.717, 1.165) is 38.4 Å². The first-order valence-corrected chi connectivity index (χ1v) is 7.82. The van der Waals surface area contributed by atoms with E-state index in [2.05, 4.69) is 20.9 Å². The summed E-state index contributed by atoms with van der Waals surface area (Å²) in [6.45, 7) is 5.23. The second kappa shape index (κ2) is 9.12. The molecule has 0 aliphatic carbocycles. The third kappa shape index (κ3) is 5.88. The van der Waals surface area contributed by atoms with Crippen molar-refractivity contribution in [2.75, 3.05) is 46.4 Å². The van der Waals surface area contributed by atoms with Crippen molar-refractivity contribution in [3.63, 3.8) is 0 Å². The number of urea groups is 1. The molecule has 0 bridgehead atoms. The van der Waals surface area contributed by atoms with Crippen LogP contribution in [0.1, 0.15) is 15.9 Å². The van der Waals surface area contributed by atoms with Crippen LogP contribution < -0.4 is 16.0 Å². The Bertz CT molecular complexity index is 513. The molecule has 1 aromatic carbocycles. The number of carbonyl (C=O) groups is 2. The van der Waals surface area contributed by atoms with Crippen LogP contribution in [0.3, 0.4) is 0 Å². The van der Waals surface area contributed by atoms with Crippen molar-refractivity contribution < 1.29 is 14.3 Å². The molecule has 0 radical (unpaired) electrons. The van der Waals surface area contributed by atoms with Gasteiger partial charge in [0.15, 0.2) is 0 Å². The highest BCUT2D eigenvalue weighted by atomic mass is 16.5. The van der Waals surface area contributed by atoms with Gasteiger partial charge in [-0.15, -0.1) is 0 Å². The molecule has 3 N–H and O–H groups in total. The molecule has 7 heteroatoms. The maximum atomic E-state index is 11.7. The minimum Gasteiger partial charge on any atom is -0.379 e. The number of amides is 3. The Balaban J connectivity index is 1.64. The third-order valence-electron chi connectivity index (χ3n) is 3.71. The Hall–Kier alpha value is -2.12. The Kier molecular flexibility index (Phi) is 6.83. The maximum absolute atomic E-state index is 11.7. The van der Waals surface area contributed by atoms with Gasteiger partial charge in [-0.25, -0.2) is 4.79 Å². The molecule has 1 aliphatic rings. The molecular weight excluding hydrogens is 296 g/mol. The molecule has 0 aromatic heterocycles. The van der Waals surface area contributed by atoms with Gasteiger partial charge in [-0.05, 0) is 17.7 Å². The first-order valence-electron chi connectivity index (χ1n) is 7.82. The molecule has 0 atom stereocenters. The van der Waals surface area contributed by atoms with Crippen LogP contribution in [0.2, 0.25) is 0 Å². The summed E-state index contributed by atoms with van der Waals surface area (Å²) in [5, 5.41) is 8.22. The average Bonchev–Trinajstić information content (AvgIpc) is 2.60. The summed E-state index contributed by atoms with van der Waals surface area (Å²) in [5.41, 5.74) is 1.55. The fraction of sp³-hybridized carbons (Fsp3) is 0.500. The fourth-order valence-corrected chi connectivity index (χ4v) is 2.32. The van der Waals surface area contributed by atoms with Crippen molar-refractivity contribution in [2.45, 2.75) is 6.54 Å². The molecule has 1 heterocycles. The van der Waals surface area contributed by atoms with Crippen molar-refractivity contribution in [3.8, 4) is 0 Å². The number of rotatable bonds is 6. The van der Waals surface area contributed by atoms with Crippen molar-refractivity contribution in [1.82, 2.24) is 20.9 Å². The highest BCUT2D eigenvalue weighted by Gasteiger charge is 2.10. The van der Waals surface area contributed by atoms with Crippen molar-refractivity contribution in [3.05, 3.63) is 35.4 Å². The average molecular weight is 320 g/mol. The van der Waals surface area contributed by atoms with E-state index in [1.807, 2.05) is 12.1 Å². The zero-order chi connectivity index (χ0) is 16.5. The standard InChI is InChI=1S/C16H24N4O3/c1-17-15(21)14-4-2-13(3-5-14)12-19-16(22)18-6-7-20-8-10-23-11-9-20/h2-5H,6-12H2,1H3,(H,17,21)(H2,18,19,22). The summed E-state index contributed by atoms with van der Waals surface area (Å²) < 4.78 is 5.28. The number of morpholine rings is 1. The maximum Gasteiger partial charge on any atom is 0.315 e. The SMILES string of the molecule is CNC(=O)c1ccc(CNC(=O)NCCN2CCOCC2)cc1. The molecule has 126 valence electrons. The predicted molar refractivity (Wildman–Crippen MR) is 87.3 cm³/mol. The van der Waals surface area contributed by atoms with Gasteiger partial charge in [-0.1, -0.05) is 12.1 Å². The van der Waals surface area contributed by atoms with Gasteiger partial charge < -0.3 is 20.7 Å². The number of hydrogen-bond acceptors (Lipinski definition) is 4. The van der Waals surface area contributed by atoms with Gasteiger partial charge in [0.1, 0.15) is 0 Å². The van der Waals surface area contributed by atoms with Crippen LogP contribution in [0.4, 0.5) is 4.79 Å². The number of benzene rings is 1. The summed E-state index contributed by atoms with van der Waals surface area (Å²) >= 11 is 0. The first-order chi connectivity index (χ1) is 11.2. The van der Waals surface area contributed by atoms with E-state index in [4.69, 9.17) is 4.74 Å². The Labute approximate surface area is 136 Å². The molecule has 1 aromatic rings. The summed E-state index contributed by atoms with van der Waals surface area (Å²) in [6, 6.07) is 6.96. The predicted octanol–water partition coefficient (Wildman–Crippen LogP) is 0.178. The first kappa shape index (κ1) is 17.2. The molecule has 7 nitrogen and oxygen atoms in total. The lowest BCUT2D eigenvalue weighted by atomic mass is 10.1. The number of hydrogen-bond donors (Lipinski definition) is 3. The summed E-state index contributed by atoms with van der Waals surface area (Å²) in [6.07, 6.45) is 0. The molecule has 1 fully saturated rings. The van der Waals surface area contributed by atoms with E-state index < -0.39 is 0 Å². The van der Waals surface area contributed by atoms with Crippen LogP contribution in [-0.4, -0.2) is 63.3 Å². The molecule has 1 aliphatic heterocycles. The van der Waals surface area contributed by atoms with Gasteiger partial charge in [-0.3, -0.25) is 9.69 Å². The highest BCUT2D eigenvalue weighted by Crippen LogP contribution is 2.04. The van der Waals surface area contributed by atoms with Crippen molar-refractivity contribution in [1.29, 1.82) is 0 Å². The Morgan fingerprint density at radius 3 is 2.48 bits per heavy atom. The molecule has 0 spiro atoms. The summed E-state index contributed by atoms with van der Waals surface area (Å²) in [4.78, 5) is 25.5. The number of nitrogens with zero attached hydrogens (tertiary/aromatic N) is 1. The van der Waals surface area contributed by atoms with Crippen LogP contribution >= 0.6 is 0 Å². The second-order valence-corrected chi connectivity index (χ2v) is 5.34. The summed E-state index contributed by atoms with van der Waals surface area (Å²) in [7, 11) is 1.60. The van der Waals surface area contributed by atoms with E-state index in [1.165, 1.54) is 0 Å². The summed E-state index contributed by atoms with van der Waals surface area (Å²) in [5.74, 6) is -0.120. The zero-order valence-corrected chi connectivity index (χ0v) is 13.4. The monoisotopic (exact) mass is 320 g/mol. The molecule has 23 heavy (non-hydrogen) atoms. The van der Waals surface area contributed by atoms with Crippen LogP contribution in [0.25, 0.3) is 0 Å². The molecule has 1 saturated heterocycles. The van der Waals surface area contributed by atoms with Gasteiger partial charge in [0.25, 0.3) is 5.91 Å². The lowest BCUT2D eigenvalue weighted by Crippen LogP contribution is -2.43. The van der Waals surface area contributed by atoms with E-state index in [-0.39, 0.29) is 11.9 Å². The largest absolute Gasteiger partial charge is 0.379 e. The van der Waals surface area contributed by atoms with Crippen LogP contribution in [-0.2, 0) is 11.3 Å². The van der Waals surface area contributed by atoms with Crippen LogP contribution in [0.15, 0.2) is 24.3 Å². The Morgan fingerprint density at radius 1 is 1.13 bits per heavy atom. The molecular formula is C16H24N4O3. The minimum absolute atomic E-state index is 0.120. The second-order valence-electron chi connectivity index (χ2n) is 5.34. The van der Waals surface area contributed by atoms with E-state index >= 15 is 0 Å². The lowest BCUT2D eigenvalue weighted by molar-refractivity contribution is 0.0387. The van der Waals surface area contributed by atoms with E-state index in [0.29, 0.717) is 18.7 Å². The lowest BCUT2D eigenvalue weighted by Gasteiger charge is -2.26. The van der Waals surface area contributed by atoms with E-state index in [1.54, 1.807) is 19.2 Å². The van der Waals surface area contributed by atoms with Crippen molar-refractivity contribution >= 4 is 11.9 Å². The minimum atomic E-state index is -0.186. The smallest absolute Gasteiger partial charge is 0.315 e. The number of carbonyl (C=O) groups excluding carboxylic acids is 2. The van der Waals surface area contributed by atoms with Gasteiger partial charge in [-0.2, -0.15) is 0 Å². The fourth-order valence-electron chi connectivity index (χ4n) is 2.32. The van der Waals surface area contributed by atoms with Crippen LogP contribution in [0.5, 0.6) is 0 Å². The number of nitrogens with one attached hydrogen (secondary N) is 3. The van der Waals surface area contributed by atoms with Gasteiger partial charge in [0, 0.05) is 45.3 Å². The normalized spacial score (nSPS) is 15.0. The zero-order valence-electron chi connectivity index (χ0n) is 13.4. The van der Waals surface area contributed by atoms with Crippen LogP contribution in [0, 0.1) is 0 Å². The van der Waals surface area contributed by atoms with Crippen molar-refractivity contribution in [2.24, 2.45) is 0 Å². The highest BCUT2D eigenvalue weighted by molar-refractivity contribution is 5.93. The van der Waals surface area contributed by atoms with Gasteiger partial charge in [0.05, 0.1) is 13.2 Å². The molecule has 0 unspecified atom stereocenters. The quantitative estimate of drug-likeness (QED) is 0.698. The molecule has 2 rings (SSSR count). The van der Waals surface area contributed by atoms with Gasteiger partial charge in [0.2, 0.25) is 0 Å². The topological polar surface area (TPSA) is 82.7 Å². The third-order valence-corrected chi connectivity index (χ3v) is 3.71. The van der Waals surface area contributed by atoms with E-state index in [9.17, 15) is 9.59 Å². The Morgan fingerprint density at radius 2 is 1.83 bits per heavy atom.